The van der Waals surface area contributed by atoms with Crippen LogP contribution >= 0.6 is 0 Å². The fourth-order valence-electron chi connectivity index (χ4n) is 1.57. The van der Waals surface area contributed by atoms with Gasteiger partial charge in [0.25, 0.3) is 0 Å². The smallest absolute Gasteiger partial charge is 0.244 e. The van der Waals surface area contributed by atoms with Gasteiger partial charge in [0, 0.05) is 12.1 Å². The third-order valence-corrected chi connectivity index (χ3v) is 2.25. The number of hydrogen-bond donors (Lipinski definition) is 1. The topological polar surface area (TPSA) is 29.1 Å². The number of nitrogens with one attached hydrogen (secondary N) is 1. The molecule has 1 fully saturated rings. The van der Waals surface area contributed by atoms with Gasteiger partial charge in [0.2, 0.25) is 5.91 Å². The van der Waals surface area contributed by atoms with E-state index in [1.807, 2.05) is 19.1 Å². The van der Waals surface area contributed by atoms with Crippen LogP contribution in [0.2, 0.25) is 0 Å². The van der Waals surface area contributed by atoms with Crippen LogP contribution in [0.4, 0.5) is 0 Å². The molecule has 1 rings (SSSR count). The summed E-state index contributed by atoms with van der Waals surface area (Å²) in [5.74, 6) is 0.0324. The van der Waals surface area contributed by atoms with Gasteiger partial charge >= 0.3 is 0 Å². The summed E-state index contributed by atoms with van der Waals surface area (Å²) in [7, 11) is 0. The van der Waals surface area contributed by atoms with Crippen molar-refractivity contribution < 1.29 is 4.79 Å². The summed E-state index contributed by atoms with van der Waals surface area (Å²) in [5.41, 5.74) is 0. The van der Waals surface area contributed by atoms with Crippen molar-refractivity contribution in [2.24, 2.45) is 0 Å². The van der Waals surface area contributed by atoms with Crippen molar-refractivity contribution in [3.63, 3.8) is 0 Å². The number of hydrogen-bond acceptors (Lipinski definition) is 1. The molecule has 0 aromatic heterocycles. The molecule has 0 bridgehead atoms. The van der Waals surface area contributed by atoms with Gasteiger partial charge < -0.3 is 5.32 Å². The summed E-state index contributed by atoms with van der Waals surface area (Å²) in [6, 6.07) is 0.419. The van der Waals surface area contributed by atoms with Crippen LogP contribution in [0.25, 0.3) is 0 Å². The second-order valence-corrected chi connectivity index (χ2v) is 3.37. The number of carbonyl (C=O) groups is 1. The van der Waals surface area contributed by atoms with Gasteiger partial charge in [-0.15, -0.1) is 0 Å². The van der Waals surface area contributed by atoms with Gasteiger partial charge in [-0.25, -0.2) is 0 Å². The van der Waals surface area contributed by atoms with Gasteiger partial charge in [0.15, 0.2) is 0 Å². The van der Waals surface area contributed by atoms with E-state index in [-0.39, 0.29) is 5.91 Å². The van der Waals surface area contributed by atoms with Crippen LogP contribution in [0, 0.1) is 0 Å². The predicted octanol–water partition coefficient (Wildman–Crippen LogP) is 2.18. The first-order chi connectivity index (χ1) is 6.33. The maximum absolute atomic E-state index is 11.2. The number of carbonyl (C=O) groups excluding carboxylic acids is 1. The van der Waals surface area contributed by atoms with E-state index in [4.69, 9.17) is 0 Å². The van der Waals surface area contributed by atoms with Crippen LogP contribution in [0.1, 0.15) is 32.6 Å². The zero-order valence-electron chi connectivity index (χ0n) is 8.12. The van der Waals surface area contributed by atoms with E-state index in [1.165, 1.54) is 12.8 Å². The normalized spacial score (nSPS) is 18.8. The van der Waals surface area contributed by atoms with E-state index < -0.39 is 0 Å². The standard InChI is InChI=1S/C11H17NO/c1-2-3-4-9-11(13)12-10-7-5-6-8-10/h2-4,9-10H,5-8H2,1H3,(H,12,13)/b3-2+,9-4+. The van der Waals surface area contributed by atoms with E-state index >= 15 is 0 Å². The number of allylic oxidation sites excluding steroid dienone is 3. The average molecular weight is 179 g/mol. The molecule has 0 radical (unpaired) electrons. The average Bonchev–Trinajstić information content (AvgIpc) is 2.57. The highest BCUT2D eigenvalue weighted by molar-refractivity contribution is 5.87. The minimum absolute atomic E-state index is 0.0324. The lowest BCUT2D eigenvalue weighted by Crippen LogP contribution is -2.30. The minimum atomic E-state index is 0.0324. The molecule has 1 N–H and O–H groups in total. The molecule has 0 saturated heterocycles. The van der Waals surface area contributed by atoms with Gasteiger partial charge in [-0.2, -0.15) is 0 Å². The zero-order valence-corrected chi connectivity index (χ0v) is 8.12. The summed E-state index contributed by atoms with van der Waals surface area (Å²) < 4.78 is 0. The predicted molar refractivity (Wildman–Crippen MR) is 54.4 cm³/mol. The second kappa shape index (κ2) is 5.57. The fraction of sp³-hybridized carbons (Fsp3) is 0.545. The molecular weight excluding hydrogens is 162 g/mol. The molecule has 72 valence electrons. The van der Waals surface area contributed by atoms with Crippen molar-refractivity contribution >= 4 is 5.91 Å². The third-order valence-electron chi connectivity index (χ3n) is 2.25. The Kier molecular flexibility index (Phi) is 4.30. The van der Waals surface area contributed by atoms with Gasteiger partial charge in [-0.05, 0) is 19.8 Å². The molecule has 1 aliphatic rings. The summed E-state index contributed by atoms with van der Waals surface area (Å²) in [6.07, 6.45) is 11.9. The van der Waals surface area contributed by atoms with E-state index in [0.29, 0.717) is 6.04 Å². The molecule has 0 aliphatic heterocycles. The molecule has 0 heterocycles. The SMILES string of the molecule is C/C=C/C=C/C(=O)NC1CCCC1. The molecule has 0 aromatic rings. The van der Waals surface area contributed by atoms with Crippen LogP contribution in [0.5, 0.6) is 0 Å². The maximum atomic E-state index is 11.2. The van der Waals surface area contributed by atoms with E-state index in [2.05, 4.69) is 5.32 Å². The van der Waals surface area contributed by atoms with E-state index in [0.717, 1.165) is 12.8 Å². The summed E-state index contributed by atoms with van der Waals surface area (Å²) in [4.78, 5) is 11.2. The van der Waals surface area contributed by atoms with E-state index in [1.54, 1.807) is 12.2 Å². The maximum Gasteiger partial charge on any atom is 0.244 e. The largest absolute Gasteiger partial charge is 0.350 e. The van der Waals surface area contributed by atoms with Crippen LogP contribution in [-0.2, 0) is 4.79 Å². The first-order valence-corrected chi connectivity index (χ1v) is 4.93. The molecule has 2 nitrogen and oxygen atoms in total. The lowest BCUT2D eigenvalue weighted by molar-refractivity contribution is -0.117. The molecule has 0 atom stereocenters. The Labute approximate surface area is 79.7 Å². The lowest BCUT2D eigenvalue weighted by atomic mass is 10.2. The fourth-order valence-corrected chi connectivity index (χ4v) is 1.57. The third kappa shape index (κ3) is 3.92. The number of amides is 1. The van der Waals surface area contributed by atoms with Crippen LogP contribution < -0.4 is 5.32 Å². The first-order valence-electron chi connectivity index (χ1n) is 4.93. The Morgan fingerprint density at radius 3 is 2.62 bits per heavy atom. The Morgan fingerprint density at radius 1 is 1.31 bits per heavy atom. The summed E-state index contributed by atoms with van der Waals surface area (Å²) in [5, 5.41) is 2.98. The second-order valence-electron chi connectivity index (χ2n) is 3.37. The molecule has 0 spiro atoms. The quantitative estimate of drug-likeness (QED) is 0.522. The minimum Gasteiger partial charge on any atom is -0.350 e. The Bertz CT molecular complexity index is 212. The molecular formula is C11H17NO. The van der Waals surface area contributed by atoms with Crippen LogP contribution in [-0.4, -0.2) is 11.9 Å². The Hall–Kier alpha value is -1.05. The molecule has 1 amide bonds. The molecule has 1 saturated carbocycles. The van der Waals surface area contributed by atoms with Gasteiger partial charge in [0.05, 0.1) is 0 Å². The van der Waals surface area contributed by atoms with Crippen molar-refractivity contribution in [1.29, 1.82) is 0 Å². The van der Waals surface area contributed by atoms with Crippen molar-refractivity contribution in [2.75, 3.05) is 0 Å². The van der Waals surface area contributed by atoms with E-state index in [9.17, 15) is 4.79 Å². The molecule has 0 aromatic carbocycles. The lowest BCUT2D eigenvalue weighted by Gasteiger charge is -2.08. The molecule has 2 heteroatoms. The summed E-state index contributed by atoms with van der Waals surface area (Å²) in [6.45, 7) is 1.93. The van der Waals surface area contributed by atoms with Gasteiger partial charge in [-0.1, -0.05) is 31.1 Å². The molecule has 1 aliphatic carbocycles. The zero-order chi connectivity index (χ0) is 9.52. The summed E-state index contributed by atoms with van der Waals surface area (Å²) >= 11 is 0. The highest BCUT2D eigenvalue weighted by Gasteiger charge is 2.15. The Balaban J connectivity index is 2.23. The van der Waals surface area contributed by atoms with Crippen molar-refractivity contribution in [3.05, 3.63) is 24.3 Å². The molecule has 0 unspecified atom stereocenters. The van der Waals surface area contributed by atoms with Crippen molar-refractivity contribution in [2.45, 2.75) is 38.6 Å². The highest BCUT2D eigenvalue weighted by atomic mass is 16.1. The van der Waals surface area contributed by atoms with Gasteiger partial charge in [-0.3, -0.25) is 4.79 Å². The highest BCUT2D eigenvalue weighted by Crippen LogP contribution is 2.17. The molecule has 13 heavy (non-hydrogen) atoms. The van der Waals surface area contributed by atoms with Crippen molar-refractivity contribution in [1.82, 2.24) is 5.32 Å². The van der Waals surface area contributed by atoms with Gasteiger partial charge in [0.1, 0.15) is 0 Å². The van der Waals surface area contributed by atoms with Crippen molar-refractivity contribution in [3.8, 4) is 0 Å². The van der Waals surface area contributed by atoms with Crippen LogP contribution in [0.15, 0.2) is 24.3 Å². The first kappa shape index (κ1) is 10.0. The monoisotopic (exact) mass is 179 g/mol. The van der Waals surface area contributed by atoms with Crippen LogP contribution in [0.3, 0.4) is 0 Å². The Morgan fingerprint density at radius 2 is 2.00 bits per heavy atom. The number of rotatable bonds is 3.